The maximum Gasteiger partial charge on any atom is 0.0278 e. The van der Waals surface area contributed by atoms with Gasteiger partial charge in [-0.3, -0.25) is 4.90 Å². The van der Waals surface area contributed by atoms with Gasteiger partial charge in [0.1, 0.15) is 0 Å². The lowest BCUT2D eigenvalue weighted by molar-refractivity contribution is 0.0334. The third-order valence-corrected chi connectivity index (χ3v) is 4.74. The van der Waals surface area contributed by atoms with Crippen molar-refractivity contribution >= 4 is 0 Å². The highest BCUT2D eigenvalue weighted by Gasteiger charge is 2.37. The van der Waals surface area contributed by atoms with Crippen molar-refractivity contribution in [2.75, 3.05) is 34.2 Å². The molecule has 19 heavy (non-hydrogen) atoms. The Morgan fingerprint density at radius 1 is 1.21 bits per heavy atom. The summed E-state index contributed by atoms with van der Waals surface area (Å²) in [6.45, 7) is 11.8. The van der Waals surface area contributed by atoms with Gasteiger partial charge in [-0.05, 0) is 59.3 Å². The summed E-state index contributed by atoms with van der Waals surface area (Å²) in [4.78, 5) is 5.02. The molecule has 0 bridgehead atoms. The zero-order valence-electron chi connectivity index (χ0n) is 14.1. The van der Waals surface area contributed by atoms with Gasteiger partial charge in [0.15, 0.2) is 0 Å². The van der Waals surface area contributed by atoms with Crippen molar-refractivity contribution < 1.29 is 0 Å². The Bertz CT molecular complexity index is 254. The third kappa shape index (κ3) is 4.44. The van der Waals surface area contributed by atoms with Gasteiger partial charge in [0, 0.05) is 24.7 Å². The van der Waals surface area contributed by atoms with E-state index in [1.54, 1.807) is 0 Å². The van der Waals surface area contributed by atoms with Gasteiger partial charge >= 0.3 is 0 Å². The second kappa shape index (κ2) is 7.61. The number of nitrogens with one attached hydrogen (secondary N) is 1. The molecule has 114 valence electrons. The molecule has 0 aromatic heterocycles. The van der Waals surface area contributed by atoms with Crippen molar-refractivity contribution in [1.82, 2.24) is 15.1 Å². The fraction of sp³-hybridized carbons (Fsp3) is 1.00. The molecule has 0 spiro atoms. The fourth-order valence-corrected chi connectivity index (χ4v) is 4.14. The monoisotopic (exact) mass is 269 g/mol. The minimum Gasteiger partial charge on any atom is -0.315 e. The van der Waals surface area contributed by atoms with E-state index in [2.05, 4.69) is 64.0 Å². The molecule has 1 aliphatic carbocycles. The molecule has 1 aliphatic rings. The van der Waals surface area contributed by atoms with Crippen LogP contribution < -0.4 is 5.32 Å². The van der Waals surface area contributed by atoms with Crippen LogP contribution in [0.15, 0.2) is 0 Å². The first-order valence-corrected chi connectivity index (χ1v) is 7.98. The van der Waals surface area contributed by atoms with Crippen molar-refractivity contribution in [2.45, 2.75) is 58.7 Å². The molecule has 1 fully saturated rings. The minimum atomic E-state index is 0.622. The summed E-state index contributed by atoms with van der Waals surface area (Å²) in [7, 11) is 6.48. The van der Waals surface area contributed by atoms with E-state index in [1.165, 1.54) is 12.8 Å². The van der Waals surface area contributed by atoms with Crippen molar-refractivity contribution in [3.63, 3.8) is 0 Å². The van der Waals surface area contributed by atoms with Crippen LogP contribution in [0.3, 0.4) is 0 Å². The zero-order valence-corrected chi connectivity index (χ0v) is 14.1. The second-order valence-corrected chi connectivity index (χ2v) is 6.88. The number of hydrogen-bond donors (Lipinski definition) is 1. The summed E-state index contributed by atoms with van der Waals surface area (Å²) in [5.41, 5.74) is 0. The lowest BCUT2D eigenvalue weighted by Crippen LogP contribution is -2.59. The Morgan fingerprint density at radius 3 is 2.32 bits per heavy atom. The van der Waals surface area contributed by atoms with E-state index in [0.29, 0.717) is 18.1 Å². The van der Waals surface area contributed by atoms with Crippen LogP contribution in [0.25, 0.3) is 0 Å². The minimum absolute atomic E-state index is 0.622. The first-order valence-electron chi connectivity index (χ1n) is 7.98. The maximum atomic E-state index is 3.58. The Labute approximate surface area is 120 Å². The van der Waals surface area contributed by atoms with E-state index in [0.717, 1.165) is 24.9 Å². The van der Waals surface area contributed by atoms with E-state index < -0.39 is 0 Å². The molecule has 3 nitrogen and oxygen atoms in total. The molecule has 0 amide bonds. The average Bonchev–Trinajstić information content (AvgIpc) is 2.31. The van der Waals surface area contributed by atoms with Crippen LogP contribution >= 0.6 is 0 Å². The first kappa shape index (κ1) is 16.9. The molecule has 5 unspecified atom stereocenters. The first-order chi connectivity index (χ1) is 8.90. The van der Waals surface area contributed by atoms with Crippen molar-refractivity contribution in [3.05, 3.63) is 0 Å². The lowest BCUT2D eigenvalue weighted by Gasteiger charge is -2.48. The topological polar surface area (TPSA) is 18.5 Å². The van der Waals surface area contributed by atoms with E-state index in [1.807, 2.05) is 0 Å². The molecule has 1 saturated carbocycles. The highest BCUT2D eigenvalue weighted by molar-refractivity contribution is 4.94. The van der Waals surface area contributed by atoms with Gasteiger partial charge in [-0.25, -0.2) is 0 Å². The smallest absolute Gasteiger partial charge is 0.0278 e. The van der Waals surface area contributed by atoms with Gasteiger partial charge in [0.05, 0.1) is 0 Å². The highest BCUT2D eigenvalue weighted by Crippen LogP contribution is 2.33. The zero-order chi connectivity index (χ0) is 14.6. The molecule has 0 radical (unpaired) electrons. The number of rotatable bonds is 6. The largest absolute Gasteiger partial charge is 0.315 e. The predicted octanol–water partition coefficient (Wildman–Crippen LogP) is 2.28. The molecular weight excluding hydrogens is 234 g/mol. The Morgan fingerprint density at radius 2 is 1.84 bits per heavy atom. The van der Waals surface area contributed by atoms with E-state index in [4.69, 9.17) is 0 Å². The van der Waals surface area contributed by atoms with Crippen molar-refractivity contribution in [1.29, 1.82) is 0 Å². The highest BCUT2D eigenvalue weighted by atomic mass is 15.2. The second-order valence-electron chi connectivity index (χ2n) is 6.88. The fourth-order valence-electron chi connectivity index (χ4n) is 4.14. The summed E-state index contributed by atoms with van der Waals surface area (Å²) in [5.74, 6) is 1.64. The van der Waals surface area contributed by atoms with Crippen molar-refractivity contribution in [2.24, 2.45) is 11.8 Å². The molecule has 5 atom stereocenters. The van der Waals surface area contributed by atoms with Gasteiger partial charge in [-0.15, -0.1) is 0 Å². The summed E-state index contributed by atoms with van der Waals surface area (Å²) in [6.07, 6.45) is 2.69. The molecule has 3 heteroatoms. The Balaban J connectivity index is 2.81. The van der Waals surface area contributed by atoms with E-state index in [-0.39, 0.29) is 0 Å². The van der Waals surface area contributed by atoms with E-state index in [9.17, 15) is 0 Å². The van der Waals surface area contributed by atoms with Crippen LogP contribution in [-0.4, -0.2) is 62.2 Å². The molecule has 0 aliphatic heterocycles. The van der Waals surface area contributed by atoms with E-state index >= 15 is 0 Å². The number of nitrogens with zero attached hydrogens (tertiary/aromatic N) is 2. The Hall–Kier alpha value is -0.120. The number of likely N-dealkylation sites (N-methyl/N-ethyl adjacent to an activating group) is 3. The molecule has 1 N–H and O–H groups in total. The van der Waals surface area contributed by atoms with Crippen LogP contribution in [0.1, 0.15) is 40.5 Å². The van der Waals surface area contributed by atoms with Gasteiger partial charge < -0.3 is 10.2 Å². The van der Waals surface area contributed by atoms with Gasteiger partial charge in [0.25, 0.3) is 0 Å². The molecule has 0 aromatic rings. The summed E-state index contributed by atoms with van der Waals surface area (Å²) in [6, 6.07) is 1.95. The molecule has 0 aromatic carbocycles. The maximum absolute atomic E-state index is 3.58. The standard InChI is InChI=1S/C16H35N3/c1-8-19(14(4)11-18(6)7)16-13(3)9-12(2)10-15(16)17-5/h12-17H,8-11H2,1-7H3. The van der Waals surface area contributed by atoms with Crippen LogP contribution in [-0.2, 0) is 0 Å². The summed E-state index contributed by atoms with van der Waals surface area (Å²) < 4.78 is 0. The Kier molecular flexibility index (Phi) is 6.78. The molecular formula is C16H35N3. The van der Waals surface area contributed by atoms with Gasteiger partial charge in [-0.2, -0.15) is 0 Å². The normalized spacial score (nSPS) is 33.9. The lowest BCUT2D eigenvalue weighted by atomic mass is 9.75. The average molecular weight is 269 g/mol. The van der Waals surface area contributed by atoms with Crippen molar-refractivity contribution in [3.8, 4) is 0 Å². The van der Waals surface area contributed by atoms with Crippen LogP contribution in [0.2, 0.25) is 0 Å². The summed E-state index contributed by atoms with van der Waals surface area (Å²) >= 11 is 0. The third-order valence-electron chi connectivity index (χ3n) is 4.74. The quantitative estimate of drug-likeness (QED) is 0.798. The SMILES string of the molecule is CCN(C(C)CN(C)C)C1C(C)CC(C)CC1NC. The predicted molar refractivity (Wildman–Crippen MR) is 84.6 cm³/mol. The molecule has 0 saturated heterocycles. The molecule has 0 heterocycles. The van der Waals surface area contributed by atoms with Crippen LogP contribution in [0, 0.1) is 11.8 Å². The van der Waals surface area contributed by atoms with Crippen LogP contribution in [0.5, 0.6) is 0 Å². The van der Waals surface area contributed by atoms with Gasteiger partial charge in [-0.1, -0.05) is 20.8 Å². The van der Waals surface area contributed by atoms with Gasteiger partial charge in [0.2, 0.25) is 0 Å². The molecule has 1 rings (SSSR count). The number of hydrogen-bond acceptors (Lipinski definition) is 3. The summed E-state index contributed by atoms with van der Waals surface area (Å²) in [5, 5.41) is 3.58. The van der Waals surface area contributed by atoms with Crippen LogP contribution in [0.4, 0.5) is 0 Å².